The lowest BCUT2D eigenvalue weighted by molar-refractivity contribution is 1.29. The van der Waals surface area contributed by atoms with Crippen molar-refractivity contribution in [3.8, 4) is 0 Å². The van der Waals surface area contributed by atoms with E-state index in [0.29, 0.717) is 0 Å². The molecule has 50 valence electrons. The zero-order valence-corrected chi connectivity index (χ0v) is 5.67. The summed E-state index contributed by atoms with van der Waals surface area (Å²) in [7, 11) is 0. The Bertz CT molecular complexity index is 354. The van der Waals surface area contributed by atoms with Crippen LogP contribution in [0.5, 0.6) is 0 Å². The molecular weight excluding hydrogens is 122 g/mol. The van der Waals surface area contributed by atoms with E-state index in [0.717, 1.165) is 6.42 Å². The van der Waals surface area contributed by atoms with Crippen LogP contribution >= 0.6 is 0 Å². The Morgan fingerprint density at radius 3 is 3.40 bits per heavy atom. The van der Waals surface area contributed by atoms with Gasteiger partial charge in [-0.1, -0.05) is 24.3 Å². The lowest BCUT2D eigenvalue weighted by Gasteiger charge is -1.74. The Kier molecular flexibility index (Phi) is 1.21. The fraction of sp³-hybridized carbons (Fsp3) is 0.111. The van der Waals surface area contributed by atoms with Crippen LogP contribution < -0.4 is 10.6 Å². The summed E-state index contributed by atoms with van der Waals surface area (Å²) in [5, 5.41) is 2.53. The Morgan fingerprint density at radius 1 is 1.40 bits per heavy atom. The Morgan fingerprint density at radius 2 is 2.40 bits per heavy atom. The third-order valence-electron chi connectivity index (χ3n) is 1.68. The Balaban J connectivity index is 2.82. The molecule has 1 aliphatic rings. The summed E-state index contributed by atoms with van der Waals surface area (Å²) in [5.41, 5.74) is 0. The first-order valence-electron chi connectivity index (χ1n) is 3.47. The highest BCUT2D eigenvalue weighted by Gasteiger charge is 1.85. The van der Waals surface area contributed by atoms with Gasteiger partial charge in [0.25, 0.3) is 0 Å². The highest BCUT2D eigenvalue weighted by molar-refractivity contribution is 5.42. The highest BCUT2D eigenvalue weighted by Crippen LogP contribution is 1.86. The molecule has 0 atom stereocenters. The van der Waals surface area contributed by atoms with E-state index >= 15 is 0 Å². The summed E-state index contributed by atoms with van der Waals surface area (Å²) >= 11 is 0. The van der Waals surface area contributed by atoms with Gasteiger partial charge < -0.3 is 4.98 Å². The lowest BCUT2D eigenvalue weighted by atomic mass is 10.4. The van der Waals surface area contributed by atoms with Crippen molar-refractivity contribution in [1.29, 1.82) is 0 Å². The van der Waals surface area contributed by atoms with Crippen molar-refractivity contribution in [1.82, 2.24) is 4.98 Å². The molecule has 1 heteroatoms. The van der Waals surface area contributed by atoms with Gasteiger partial charge in [0, 0.05) is 11.5 Å². The van der Waals surface area contributed by atoms with E-state index in [1.165, 1.54) is 10.6 Å². The van der Waals surface area contributed by atoms with Crippen molar-refractivity contribution < 1.29 is 0 Å². The van der Waals surface area contributed by atoms with E-state index in [9.17, 15) is 0 Å². The maximum absolute atomic E-state index is 3.17. The van der Waals surface area contributed by atoms with Crippen LogP contribution in [0.15, 0.2) is 24.4 Å². The number of aromatic amines is 1. The van der Waals surface area contributed by atoms with E-state index in [1.54, 1.807) is 0 Å². The first-order valence-corrected chi connectivity index (χ1v) is 3.47. The fourth-order valence-corrected chi connectivity index (χ4v) is 1.15. The summed E-state index contributed by atoms with van der Waals surface area (Å²) in [5.74, 6) is 0. The number of allylic oxidation sites excluding steroid dienone is 2. The fourth-order valence-electron chi connectivity index (χ4n) is 1.15. The SMILES string of the molecule is C1=CCC=c2[nH]ccc2=C1. The molecule has 0 fully saturated rings. The minimum atomic E-state index is 1.03. The predicted octanol–water partition coefficient (Wildman–Crippen LogP) is 0.536. The minimum absolute atomic E-state index is 1.03. The van der Waals surface area contributed by atoms with Gasteiger partial charge in [-0.25, -0.2) is 0 Å². The number of fused-ring (bicyclic) bond motifs is 1. The van der Waals surface area contributed by atoms with Gasteiger partial charge in [0.05, 0.1) is 0 Å². The molecule has 0 aromatic carbocycles. The lowest BCUT2D eigenvalue weighted by Crippen LogP contribution is -2.20. The molecule has 1 N–H and O–H groups in total. The van der Waals surface area contributed by atoms with Gasteiger partial charge in [-0.2, -0.15) is 0 Å². The standard InChI is InChI=1S/C9H9N/c1-2-4-8-6-7-10-9(8)5-3-1/h1-2,4-7,10H,3H2. The van der Waals surface area contributed by atoms with Crippen LogP contribution in [0.25, 0.3) is 12.2 Å². The first-order chi connectivity index (χ1) is 4.97. The molecule has 0 bridgehead atoms. The maximum atomic E-state index is 3.17. The van der Waals surface area contributed by atoms with Gasteiger partial charge >= 0.3 is 0 Å². The van der Waals surface area contributed by atoms with Gasteiger partial charge in [0.2, 0.25) is 0 Å². The molecular formula is C9H9N. The van der Waals surface area contributed by atoms with Crippen molar-refractivity contribution in [2.75, 3.05) is 0 Å². The van der Waals surface area contributed by atoms with Crippen molar-refractivity contribution in [3.63, 3.8) is 0 Å². The summed E-state index contributed by atoms with van der Waals surface area (Å²) in [4.78, 5) is 3.17. The second-order valence-electron chi connectivity index (χ2n) is 2.38. The smallest absolute Gasteiger partial charge is 0.0416 e. The molecule has 0 saturated heterocycles. The number of hydrogen-bond acceptors (Lipinski definition) is 0. The van der Waals surface area contributed by atoms with Crippen LogP contribution in [-0.4, -0.2) is 4.98 Å². The predicted molar refractivity (Wildman–Crippen MR) is 42.7 cm³/mol. The molecule has 1 aromatic rings. The monoisotopic (exact) mass is 131 g/mol. The summed E-state index contributed by atoms with van der Waals surface area (Å²) < 4.78 is 0. The van der Waals surface area contributed by atoms with Gasteiger partial charge in [-0.05, 0) is 17.7 Å². The summed E-state index contributed by atoms with van der Waals surface area (Å²) in [6.07, 6.45) is 11.6. The van der Waals surface area contributed by atoms with Crippen LogP contribution in [0.2, 0.25) is 0 Å². The Labute approximate surface area is 59.4 Å². The highest BCUT2D eigenvalue weighted by atomic mass is 14.6. The third-order valence-corrected chi connectivity index (χ3v) is 1.68. The van der Waals surface area contributed by atoms with E-state index in [1.807, 2.05) is 6.20 Å². The average Bonchev–Trinajstić information content (AvgIpc) is 2.28. The third kappa shape index (κ3) is 0.798. The molecule has 1 aromatic heterocycles. The molecule has 1 nitrogen and oxygen atoms in total. The van der Waals surface area contributed by atoms with E-state index in [2.05, 4.69) is 35.4 Å². The topological polar surface area (TPSA) is 15.8 Å². The van der Waals surface area contributed by atoms with Crippen LogP contribution in [0.1, 0.15) is 6.42 Å². The summed E-state index contributed by atoms with van der Waals surface area (Å²) in [6.45, 7) is 0. The average molecular weight is 131 g/mol. The molecule has 0 saturated carbocycles. The van der Waals surface area contributed by atoms with Crippen molar-refractivity contribution in [3.05, 3.63) is 35.0 Å². The van der Waals surface area contributed by atoms with Crippen molar-refractivity contribution in [2.24, 2.45) is 0 Å². The number of H-pyrrole nitrogens is 1. The van der Waals surface area contributed by atoms with Gasteiger partial charge in [0.15, 0.2) is 0 Å². The number of aromatic nitrogens is 1. The quantitative estimate of drug-likeness (QED) is 0.529. The second-order valence-corrected chi connectivity index (χ2v) is 2.38. The van der Waals surface area contributed by atoms with E-state index < -0.39 is 0 Å². The maximum Gasteiger partial charge on any atom is 0.0416 e. The number of rotatable bonds is 0. The molecule has 1 aliphatic carbocycles. The van der Waals surface area contributed by atoms with Crippen molar-refractivity contribution in [2.45, 2.75) is 6.42 Å². The van der Waals surface area contributed by atoms with Crippen LogP contribution in [0.3, 0.4) is 0 Å². The van der Waals surface area contributed by atoms with E-state index in [-0.39, 0.29) is 0 Å². The molecule has 0 amide bonds. The van der Waals surface area contributed by atoms with Crippen LogP contribution in [0.4, 0.5) is 0 Å². The van der Waals surface area contributed by atoms with Crippen LogP contribution in [0, 0.1) is 0 Å². The molecule has 0 aliphatic heterocycles. The number of nitrogens with one attached hydrogen (secondary N) is 1. The minimum Gasteiger partial charge on any atom is -0.361 e. The van der Waals surface area contributed by atoms with Gasteiger partial charge in [0.1, 0.15) is 0 Å². The zero-order valence-electron chi connectivity index (χ0n) is 5.67. The molecule has 10 heavy (non-hydrogen) atoms. The Hall–Kier alpha value is -1.24. The number of hydrogen-bond donors (Lipinski definition) is 1. The van der Waals surface area contributed by atoms with Gasteiger partial charge in [-0.3, -0.25) is 0 Å². The normalized spacial score (nSPS) is 14.8. The largest absolute Gasteiger partial charge is 0.361 e. The van der Waals surface area contributed by atoms with Crippen LogP contribution in [-0.2, 0) is 0 Å². The second kappa shape index (κ2) is 2.18. The molecule has 0 radical (unpaired) electrons. The molecule has 0 unspecified atom stereocenters. The van der Waals surface area contributed by atoms with E-state index in [4.69, 9.17) is 0 Å². The van der Waals surface area contributed by atoms with Crippen molar-refractivity contribution >= 4 is 12.2 Å². The molecule has 2 rings (SSSR count). The summed E-state index contributed by atoms with van der Waals surface area (Å²) in [6, 6.07) is 2.08. The van der Waals surface area contributed by atoms with Gasteiger partial charge in [-0.15, -0.1) is 0 Å². The zero-order chi connectivity index (χ0) is 6.81. The first kappa shape index (κ1) is 5.54. The molecule has 0 spiro atoms. The molecule has 1 heterocycles.